The monoisotopic (exact) mass is 369 g/mol. The van der Waals surface area contributed by atoms with Crippen molar-refractivity contribution in [1.82, 2.24) is 4.90 Å². The third kappa shape index (κ3) is 4.05. The summed E-state index contributed by atoms with van der Waals surface area (Å²) in [6.07, 6.45) is 0. The number of carbonyl (C=O) groups excluding carboxylic acids is 1. The minimum absolute atomic E-state index is 0.0342. The second kappa shape index (κ2) is 7.45. The molecule has 8 heteroatoms. The van der Waals surface area contributed by atoms with Crippen molar-refractivity contribution in [1.29, 1.82) is 0 Å². The molecule has 0 unspecified atom stereocenters. The zero-order valence-corrected chi connectivity index (χ0v) is 14.8. The zero-order valence-electron chi connectivity index (χ0n) is 14.8. The van der Waals surface area contributed by atoms with Gasteiger partial charge in [0, 0.05) is 49.6 Å². The lowest BCUT2D eigenvalue weighted by atomic mass is 10.1. The van der Waals surface area contributed by atoms with Gasteiger partial charge in [-0.25, -0.2) is 4.79 Å². The van der Waals surface area contributed by atoms with Crippen LogP contribution in [-0.4, -0.2) is 53.0 Å². The highest BCUT2D eigenvalue weighted by Gasteiger charge is 2.24. The first-order valence-electron chi connectivity index (χ1n) is 8.49. The molecule has 1 aliphatic heterocycles. The number of aryl methyl sites for hydroxylation is 1. The standard InChI is InChI=1S/C19H19N3O5/c1-13-9-14(11-15(10-13)19(24)25)18(23)21-7-5-20(6-8-21)16-3-2-4-17(12-16)22(26)27/h2-4,9-12H,5-8H2,1H3,(H,24,25). The number of carboxylic acid groups (broad SMARTS) is 1. The number of benzene rings is 2. The Labute approximate surface area is 155 Å². The number of amides is 1. The highest BCUT2D eigenvalue weighted by atomic mass is 16.6. The molecule has 2 aromatic carbocycles. The van der Waals surface area contributed by atoms with Crippen LogP contribution in [0.2, 0.25) is 0 Å². The van der Waals surface area contributed by atoms with Gasteiger partial charge in [0.2, 0.25) is 0 Å². The van der Waals surface area contributed by atoms with Gasteiger partial charge in [-0.15, -0.1) is 0 Å². The molecule has 0 atom stereocenters. The average Bonchev–Trinajstić information content (AvgIpc) is 2.67. The summed E-state index contributed by atoms with van der Waals surface area (Å²) in [4.78, 5) is 38.1. The van der Waals surface area contributed by atoms with Crippen molar-refractivity contribution in [2.45, 2.75) is 6.92 Å². The van der Waals surface area contributed by atoms with Gasteiger partial charge in [-0.05, 0) is 36.8 Å². The van der Waals surface area contributed by atoms with Gasteiger partial charge in [-0.1, -0.05) is 6.07 Å². The van der Waals surface area contributed by atoms with Crippen LogP contribution in [0.1, 0.15) is 26.3 Å². The predicted molar refractivity (Wildman–Crippen MR) is 99.4 cm³/mol. The SMILES string of the molecule is Cc1cc(C(=O)O)cc(C(=O)N2CCN(c3cccc([N+](=O)[O-])c3)CC2)c1. The number of aromatic carboxylic acids is 1. The third-order valence-electron chi connectivity index (χ3n) is 4.54. The number of nitro groups is 1. The molecule has 0 radical (unpaired) electrons. The fraction of sp³-hybridized carbons (Fsp3) is 0.263. The Morgan fingerprint density at radius 1 is 1.04 bits per heavy atom. The van der Waals surface area contributed by atoms with Gasteiger partial charge in [-0.2, -0.15) is 0 Å². The van der Waals surface area contributed by atoms with Crippen molar-refractivity contribution < 1.29 is 19.6 Å². The molecule has 1 amide bonds. The summed E-state index contributed by atoms with van der Waals surface area (Å²) in [5.41, 5.74) is 1.95. The number of nitro benzene ring substituents is 1. The number of nitrogens with zero attached hydrogens (tertiary/aromatic N) is 3. The van der Waals surface area contributed by atoms with Crippen molar-refractivity contribution >= 4 is 23.3 Å². The molecule has 0 bridgehead atoms. The maximum atomic E-state index is 12.7. The van der Waals surface area contributed by atoms with E-state index in [-0.39, 0.29) is 17.2 Å². The number of hydrogen-bond donors (Lipinski definition) is 1. The van der Waals surface area contributed by atoms with Gasteiger partial charge in [0.05, 0.1) is 10.5 Å². The van der Waals surface area contributed by atoms with Gasteiger partial charge in [0.25, 0.3) is 11.6 Å². The largest absolute Gasteiger partial charge is 0.478 e. The van der Waals surface area contributed by atoms with Crippen LogP contribution < -0.4 is 4.90 Å². The van der Waals surface area contributed by atoms with Gasteiger partial charge in [0.1, 0.15) is 0 Å². The number of non-ortho nitro benzene ring substituents is 1. The Bertz CT molecular complexity index is 904. The highest BCUT2D eigenvalue weighted by molar-refractivity contribution is 5.98. The summed E-state index contributed by atoms with van der Waals surface area (Å²) < 4.78 is 0. The molecule has 1 saturated heterocycles. The summed E-state index contributed by atoms with van der Waals surface area (Å²) in [6, 6.07) is 11.0. The molecule has 0 aromatic heterocycles. The number of hydrogen-bond acceptors (Lipinski definition) is 5. The smallest absolute Gasteiger partial charge is 0.335 e. The summed E-state index contributed by atoms with van der Waals surface area (Å²) in [5, 5.41) is 20.1. The molecule has 1 N–H and O–H groups in total. The predicted octanol–water partition coefficient (Wildman–Crippen LogP) is 2.56. The van der Waals surface area contributed by atoms with Crippen LogP contribution in [-0.2, 0) is 0 Å². The van der Waals surface area contributed by atoms with Crippen LogP contribution >= 0.6 is 0 Å². The van der Waals surface area contributed by atoms with Crippen molar-refractivity contribution in [2.24, 2.45) is 0 Å². The van der Waals surface area contributed by atoms with Gasteiger partial charge < -0.3 is 14.9 Å². The molecule has 140 valence electrons. The van der Waals surface area contributed by atoms with E-state index in [0.717, 1.165) is 5.69 Å². The van der Waals surface area contributed by atoms with Gasteiger partial charge >= 0.3 is 5.97 Å². The van der Waals surface area contributed by atoms with Crippen molar-refractivity contribution in [3.8, 4) is 0 Å². The highest BCUT2D eigenvalue weighted by Crippen LogP contribution is 2.23. The quantitative estimate of drug-likeness (QED) is 0.656. The van der Waals surface area contributed by atoms with E-state index in [9.17, 15) is 19.7 Å². The molecule has 3 rings (SSSR count). The lowest BCUT2D eigenvalue weighted by Crippen LogP contribution is -2.48. The first-order chi connectivity index (χ1) is 12.8. The normalized spacial score (nSPS) is 14.1. The molecule has 1 heterocycles. The van der Waals surface area contributed by atoms with Crippen LogP contribution in [0.25, 0.3) is 0 Å². The molecular formula is C19H19N3O5. The maximum absolute atomic E-state index is 12.7. The summed E-state index contributed by atoms with van der Waals surface area (Å²) in [6.45, 7) is 3.76. The van der Waals surface area contributed by atoms with Gasteiger partial charge in [0.15, 0.2) is 0 Å². The number of rotatable bonds is 4. The molecule has 27 heavy (non-hydrogen) atoms. The molecule has 1 fully saturated rings. The number of anilines is 1. The van der Waals surface area contributed by atoms with E-state index in [2.05, 4.69) is 0 Å². The molecule has 0 aliphatic carbocycles. The van der Waals surface area contributed by atoms with Crippen LogP contribution in [0.5, 0.6) is 0 Å². The molecular weight excluding hydrogens is 350 g/mol. The molecule has 8 nitrogen and oxygen atoms in total. The molecule has 0 spiro atoms. The summed E-state index contributed by atoms with van der Waals surface area (Å²) >= 11 is 0. The first-order valence-corrected chi connectivity index (χ1v) is 8.49. The summed E-state index contributed by atoms with van der Waals surface area (Å²) in [7, 11) is 0. The maximum Gasteiger partial charge on any atom is 0.335 e. The Morgan fingerprint density at radius 2 is 1.70 bits per heavy atom. The van der Waals surface area contributed by atoms with Crippen molar-refractivity contribution in [3.05, 3.63) is 69.3 Å². The van der Waals surface area contributed by atoms with E-state index in [0.29, 0.717) is 37.3 Å². The van der Waals surface area contributed by atoms with Gasteiger partial charge in [-0.3, -0.25) is 14.9 Å². The Hall–Kier alpha value is -3.42. The van der Waals surface area contributed by atoms with E-state index in [4.69, 9.17) is 5.11 Å². The second-order valence-electron chi connectivity index (χ2n) is 6.45. The van der Waals surface area contributed by atoms with E-state index in [1.54, 1.807) is 24.0 Å². The zero-order chi connectivity index (χ0) is 19.6. The van der Waals surface area contributed by atoms with Crippen LogP contribution in [0, 0.1) is 17.0 Å². The number of carbonyl (C=O) groups is 2. The third-order valence-corrected chi connectivity index (χ3v) is 4.54. The minimum Gasteiger partial charge on any atom is -0.478 e. The van der Waals surface area contributed by atoms with E-state index < -0.39 is 10.9 Å². The van der Waals surface area contributed by atoms with Crippen molar-refractivity contribution in [2.75, 3.05) is 31.1 Å². The summed E-state index contributed by atoms with van der Waals surface area (Å²) in [5.74, 6) is -1.27. The molecule has 0 saturated carbocycles. The number of piperazine rings is 1. The first kappa shape index (κ1) is 18.4. The van der Waals surface area contributed by atoms with Crippen LogP contribution in [0.4, 0.5) is 11.4 Å². The van der Waals surface area contributed by atoms with Crippen LogP contribution in [0.3, 0.4) is 0 Å². The minimum atomic E-state index is -1.07. The average molecular weight is 369 g/mol. The van der Waals surface area contributed by atoms with E-state index in [1.807, 2.05) is 11.0 Å². The van der Waals surface area contributed by atoms with E-state index >= 15 is 0 Å². The lowest BCUT2D eigenvalue weighted by molar-refractivity contribution is -0.384. The molecule has 1 aliphatic rings. The Morgan fingerprint density at radius 3 is 2.33 bits per heavy atom. The van der Waals surface area contributed by atoms with Crippen LogP contribution in [0.15, 0.2) is 42.5 Å². The second-order valence-corrected chi connectivity index (χ2v) is 6.45. The Kier molecular flexibility index (Phi) is 5.07. The topological polar surface area (TPSA) is 104 Å². The lowest BCUT2D eigenvalue weighted by Gasteiger charge is -2.36. The Balaban J connectivity index is 1.70. The fourth-order valence-corrected chi connectivity index (χ4v) is 3.18. The van der Waals surface area contributed by atoms with Crippen molar-refractivity contribution in [3.63, 3.8) is 0 Å². The van der Waals surface area contributed by atoms with E-state index in [1.165, 1.54) is 24.3 Å². The molecule has 2 aromatic rings. The fourth-order valence-electron chi connectivity index (χ4n) is 3.18. The number of carboxylic acids is 1.